The third kappa shape index (κ3) is 4.28. The van der Waals surface area contributed by atoms with Crippen molar-refractivity contribution in [3.05, 3.63) is 35.1 Å². The van der Waals surface area contributed by atoms with Gasteiger partial charge < -0.3 is 10.4 Å². The quantitative estimate of drug-likeness (QED) is 0.789. The molecule has 1 amide bonds. The Morgan fingerprint density at radius 1 is 1.50 bits per heavy atom. The maximum absolute atomic E-state index is 13.4. The SMILES string of the molecule is Cc1ccc(CNC(=O)CN(CCO)C2CC2)cc1F. The lowest BCUT2D eigenvalue weighted by Crippen LogP contribution is -2.39. The summed E-state index contributed by atoms with van der Waals surface area (Å²) >= 11 is 0. The third-order valence-corrected chi connectivity index (χ3v) is 3.52. The number of rotatable bonds is 7. The van der Waals surface area contributed by atoms with Crippen LogP contribution in [0.3, 0.4) is 0 Å². The second-order valence-electron chi connectivity index (χ2n) is 5.29. The maximum Gasteiger partial charge on any atom is 0.234 e. The van der Waals surface area contributed by atoms with Crippen LogP contribution in [0.5, 0.6) is 0 Å². The van der Waals surface area contributed by atoms with Gasteiger partial charge in [0, 0.05) is 19.1 Å². The topological polar surface area (TPSA) is 52.6 Å². The standard InChI is InChI=1S/C15H21FN2O2/c1-11-2-3-12(8-14(11)16)9-17-15(20)10-18(6-7-19)13-4-5-13/h2-3,8,13,19H,4-7,9-10H2,1H3,(H,17,20). The molecule has 110 valence electrons. The number of aliphatic hydroxyl groups is 1. The van der Waals surface area contributed by atoms with E-state index in [1.807, 2.05) is 11.0 Å². The van der Waals surface area contributed by atoms with Crippen LogP contribution in [0.4, 0.5) is 4.39 Å². The van der Waals surface area contributed by atoms with Gasteiger partial charge in [-0.1, -0.05) is 12.1 Å². The number of hydrogen-bond acceptors (Lipinski definition) is 3. The summed E-state index contributed by atoms with van der Waals surface area (Å²) in [5.41, 5.74) is 1.35. The minimum absolute atomic E-state index is 0.0625. The summed E-state index contributed by atoms with van der Waals surface area (Å²) in [5.74, 6) is -0.344. The summed E-state index contributed by atoms with van der Waals surface area (Å²) in [6, 6.07) is 5.40. The van der Waals surface area contributed by atoms with E-state index in [0.29, 0.717) is 31.2 Å². The highest BCUT2D eigenvalue weighted by atomic mass is 19.1. The first-order valence-corrected chi connectivity index (χ1v) is 6.97. The van der Waals surface area contributed by atoms with E-state index in [1.165, 1.54) is 6.07 Å². The molecule has 1 aromatic rings. The zero-order valence-electron chi connectivity index (χ0n) is 11.7. The third-order valence-electron chi connectivity index (χ3n) is 3.52. The average molecular weight is 280 g/mol. The Balaban J connectivity index is 1.80. The van der Waals surface area contributed by atoms with E-state index in [4.69, 9.17) is 5.11 Å². The molecule has 1 aliphatic carbocycles. The average Bonchev–Trinajstić information content (AvgIpc) is 3.24. The second kappa shape index (κ2) is 6.81. The lowest BCUT2D eigenvalue weighted by molar-refractivity contribution is -0.122. The zero-order chi connectivity index (χ0) is 14.5. The predicted octanol–water partition coefficient (Wildman–Crippen LogP) is 1.21. The molecule has 0 aromatic heterocycles. The lowest BCUT2D eigenvalue weighted by atomic mass is 10.1. The number of halogens is 1. The molecule has 4 nitrogen and oxygen atoms in total. The molecule has 1 aliphatic rings. The van der Waals surface area contributed by atoms with Gasteiger partial charge in [-0.3, -0.25) is 9.69 Å². The van der Waals surface area contributed by atoms with Gasteiger partial charge in [0.05, 0.1) is 13.2 Å². The Hall–Kier alpha value is -1.46. The molecule has 0 radical (unpaired) electrons. The van der Waals surface area contributed by atoms with Gasteiger partial charge in [0.25, 0.3) is 0 Å². The van der Waals surface area contributed by atoms with Gasteiger partial charge in [0.2, 0.25) is 5.91 Å². The number of aryl methyl sites for hydroxylation is 1. The Bertz CT molecular complexity index is 475. The van der Waals surface area contributed by atoms with E-state index in [-0.39, 0.29) is 18.3 Å². The molecule has 2 rings (SSSR count). The van der Waals surface area contributed by atoms with Gasteiger partial charge >= 0.3 is 0 Å². The minimum atomic E-state index is -0.253. The van der Waals surface area contributed by atoms with Crippen LogP contribution in [0.2, 0.25) is 0 Å². The van der Waals surface area contributed by atoms with Crippen LogP contribution >= 0.6 is 0 Å². The lowest BCUT2D eigenvalue weighted by Gasteiger charge is -2.20. The van der Waals surface area contributed by atoms with Crippen LogP contribution in [0.25, 0.3) is 0 Å². The number of carbonyl (C=O) groups is 1. The summed E-state index contributed by atoms with van der Waals surface area (Å²) in [6.07, 6.45) is 2.19. The molecule has 0 spiro atoms. The summed E-state index contributed by atoms with van der Waals surface area (Å²) in [7, 11) is 0. The van der Waals surface area contributed by atoms with Crippen molar-refractivity contribution >= 4 is 5.91 Å². The van der Waals surface area contributed by atoms with Crippen LogP contribution in [0.1, 0.15) is 24.0 Å². The molecule has 0 aliphatic heterocycles. The Morgan fingerprint density at radius 3 is 2.85 bits per heavy atom. The number of nitrogens with zero attached hydrogens (tertiary/aromatic N) is 1. The van der Waals surface area contributed by atoms with Crippen LogP contribution in [0, 0.1) is 12.7 Å². The van der Waals surface area contributed by atoms with Gasteiger partial charge in [-0.2, -0.15) is 0 Å². The van der Waals surface area contributed by atoms with E-state index in [1.54, 1.807) is 13.0 Å². The van der Waals surface area contributed by atoms with Crippen LogP contribution < -0.4 is 5.32 Å². The van der Waals surface area contributed by atoms with Gasteiger partial charge in [0.15, 0.2) is 0 Å². The van der Waals surface area contributed by atoms with E-state index in [9.17, 15) is 9.18 Å². The van der Waals surface area contributed by atoms with Crippen LogP contribution in [0.15, 0.2) is 18.2 Å². The fourth-order valence-corrected chi connectivity index (χ4v) is 2.15. The highest BCUT2D eigenvalue weighted by Crippen LogP contribution is 2.25. The normalized spacial score (nSPS) is 14.6. The molecule has 1 aromatic carbocycles. The molecule has 2 N–H and O–H groups in total. The van der Waals surface area contributed by atoms with E-state index >= 15 is 0 Å². The number of amides is 1. The first-order valence-electron chi connectivity index (χ1n) is 6.97. The van der Waals surface area contributed by atoms with Crippen LogP contribution in [-0.4, -0.2) is 41.7 Å². The van der Waals surface area contributed by atoms with Crippen molar-refractivity contribution in [2.45, 2.75) is 32.4 Å². The number of benzene rings is 1. The van der Waals surface area contributed by atoms with Crippen LogP contribution in [-0.2, 0) is 11.3 Å². The largest absolute Gasteiger partial charge is 0.395 e. The van der Waals surface area contributed by atoms with E-state index in [0.717, 1.165) is 18.4 Å². The smallest absolute Gasteiger partial charge is 0.234 e. The molecule has 0 heterocycles. The van der Waals surface area contributed by atoms with Crippen molar-refractivity contribution in [1.29, 1.82) is 0 Å². The first-order chi connectivity index (χ1) is 9.60. The molecule has 20 heavy (non-hydrogen) atoms. The molecule has 5 heteroatoms. The minimum Gasteiger partial charge on any atom is -0.395 e. The van der Waals surface area contributed by atoms with Gasteiger partial charge in [-0.05, 0) is 37.0 Å². The van der Waals surface area contributed by atoms with Crippen molar-refractivity contribution in [3.63, 3.8) is 0 Å². The highest BCUT2D eigenvalue weighted by molar-refractivity contribution is 5.78. The Labute approximate surface area is 118 Å². The van der Waals surface area contributed by atoms with E-state index in [2.05, 4.69) is 5.32 Å². The fraction of sp³-hybridized carbons (Fsp3) is 0.533. The highest BCUT2D eigenvalue weighted by Gasteiger charge is 2.29. The molecule has 0 saturated heterocycles. The van der Waals surface area contributed by atoms with E-state index < -0.39 is 0 Å². The summed E-state index contributed by atoms with van der Waals surface area (Å²) in [4.78, 5) is 13.8. The van der Waals surface area contributed by atoms with Crippen molar-refractivity contribution in [3.8, 4) is 0 Å². The van der Waals surface area contributed by atoms with Gasteiger partial charge in [0.1, 0.15) is 5.82 Å². The zero-order valence-corrected chi connectivity index (χ0v) is 11.7. The molecule has 1 saturated carbocycles. The molecule has 0 bridgehead atoms. The second-order valence-corrected chi connectivity index (χ2v) is 5.29. The fourth-order valence-electron chi connectivity index (χ4n) is 2.15. The summed E-state index contributed by atoms with van der Waals surface area (Å²) in [5, 5.41) is 11.8. The monoisotopic (exact) mass is 280 g/mol. The molecule has 0 unspecified atom stereocenters. The number of aliphatic hydroxyl groups excluding tert-OH is 1. The molecule has 1 fully saturated rings. The number of carbonyl (C=O) groups excluding carboxylic acids is 1. The van der Waals surface area contributed by atoms with Crippen molar-refractivity contribution < 1.29 is 14.3 Å². The Morgan fingerprint density at radius 2 is 2.25 bits per heavy atom. The number of nitrogens with one attached hydrogen (secondary N) is 1. The van der Waals surface area contributed by atoms with Crippen molar-refractivity contribution in [1.82, 2.24) is 10.2 Å². The van der Waals surface area contributed by atoms with Crippen molar-refractivity contribution in [2.24, 2.45) is 0 Å². The first kappa shape index (κ1) is 14.9. The molecular formula is C15H21FN2O2. The van der Waals surface area contributed by atoms with Gasteiger partial charge in [-0.15, -0.1) is 0 Å². The predicted molar refractivity (Wildman–Crippen MR) is 74.7 cm³/mol. The summed E-state index contributed by atoms with van der Waals surface area (Å²) in [6.45, 7) is 2.91. The number of hydrogen-bond donors (Lipinski definition) is 2. The van der Waals surface area contributed by atoms with Gasteiger partial charge in [-0.25, -0.2) is 4.39 Å². The molecule has 0 atom stereocenters. The maximum atomic E-state index is 13.4. The molecular weight excluding hydrogens is 259 g/mol. The van der Waals surface area contributed by atoms with Crippen molar-refractivity contribution in [2.75, 3.05) is 19.7 Å². The summed E-state index contributed by atoms with van der Waals surface area (Å²) < 4.78 is 13.4. The Kier molecular flexibility index (Phi) is 5.09.